The van der Waals surface area contributed by atoms with Gasteiger partial charge >= 0.3 is 0 Å². The van der Waals surface area contributed by atoms with Crippen LogP contribution < -0.4 is 5.73 Å². The molecule has 3 rings (SSSR count). The third-order valence-corrected chi connectivity index (χ3v) is 3.74. The summed E-state index contributed by atoms with van der Waals surface area (Å²) in [4.78, 5) is 4.35. The second-order valence-electron chi connectivity index (χ2n) is 4.84. The lowest BCUT2D eigenvalue weighted by Crippen LogP contribution is -2.19. The minimum absolute atomic E-state index is 0.0882. The molecule has 0 bridgehead atoms. The van der Waals surface area contributed by atoms with E-state index < -0.39 is 5.92 Å². The fraction of sp³-hybridized carbons (Fsp3) is 0.900. The minimum Gasteiger partial charge on any atom is -0.387 e. The fourth-order valence-corrected chi connectivity index (χ4v) is 2.59. The van der Waals surface area contributed by atoms with Gasteiger partial charge in [-0.15, -0.1) is 0 Å². The Balaban J connectivity index is 1.61. The molecule has 2 nitrogen and oxygen atoms in total. The molecule has 78 valence electrons. The van der Waals surface area contributed by atoms with Gasteiger partial charge in [-0.05, 0) is 25.7 Å². The number of aliphatic imine (C=N–C) groups is 1. The van der Waals surface area contributed by atoms with Gasteiger partial charge in [-0.3, -0.25) is 4.99 Å². The third kappa shape index (κ3) is 1.16. The van der Waals surface area contributed by atoms with Gasteiger partial charge < -0.3 is 5.73 Å². The molecule has 0 saturated heterocycles. The van der Waals surface area contributed by atoms with Crippen LogP contribution in [0.3, 0.4) is 0 Å². The number of rotatable bonds is 2. The van der Waals surface area contributed by atoms with Crippen molar-refractivity contribution in [1.82, 2.24) is 0 Å². The zero-order valence-electron chi connectivity index (χ0n) is 7.92. The first kappa shape index (κ1) is 8.62. The second-order valence-corrected chi connectivity index (χ2v) is 4.84. The van der Waals surface area contributed by atoms with E-state index in [-0.39, 0.29) is 17.9 Å². The number of fused-ring (bicyclic) bond motifs is 1. The lowest BCUT2D eigenvalue weighted by atomic mass is 10.1. The molecule has 0 spiro atoms. The van der Waals surface area contributed by atoms with Crippen LogP contribution in [0.1, 0.15) is 25.7 Å². The van der Waals surface area contributed by atoms with Crippen LogP contribution in [-0.2, 0) is 0 Å². The summed E-state index contributed by atoms with van der Waals surface area (Å²) in [6.07, 6.45) is 3.35. The maximum atomic E-state index is 12.8. The van der Waals surface area contributed by atoms with Crippen molar-refractivity contribution in [2.75, 3.05) is 0 Å². The van der Waals surface area contributed by atoms with E-state index in [1.165, 1.54) is 0 Å². The Morgan fingerprint density at radius 1 is 1.21 bits per heavy atom. The van der Waals surface area contributed by atoms with E-state index in [1.807, 2.05) is 0 Å². The largest absolute Gasteiger partial charge is 0.387 e. The summed E-state index contributed by atoms with van der Waals surface area (Å²) < 4.78 is 25.7. The van der Waals surface area contributed by atoms with Gasteiger partial charge in [0.15, 0.2) is 0 Å². The standard InChI is InChI=1S/C10H14F2N2/c11-10(12)7-3-6(4-8(7)10)14-9(13)5-1-2-5/h5-8H,1-4H2,(H2,13,14). The van der Waals surface area contributed by atoms with E-state index in [4.69, 9.17) is 5.73 Å². The molecular weight excluding hydrogens is 186 g/mol. The van der Waals surface area contributed by atoms with Crippen molar-refractivity contribution in [2.45, 2.75) is 37.6 Å². The first-order valence-corrected chi connectivity index (χ1v) is 5.30. The van der Waals surface area contributed by atoms with Crippen LogP contribution >= 0.6 is 0 Å². The van der Waals surface area contributed by atoms with Crippen LogP contribution in [0.15, 0.2) is 4.99 Å². The molecule has 14 heavy (non-hydrogen) atoms. The summed E-state index contributed by atoms with van der Waals surface area (Å²) in [5.74, 6) is -1.97. The molecule has 3 fully saturated rings. The van der Waals surface area contributed by atoms with Gasteiger partial charge in [0.05, 0.1) is 11.9 Å². The van der Waals surface area contributed by atoms with Crippen LogP contribution in [0.25, 0.3) is 0 Å². The van der Waals surface area contributed by atoms with E-state index in [9.17, 15) is 8.78 Å². The highest BCUT2D eigenvalue weighted by molar-refractivity contribution is 5.85. The molecule has 0 aliphatic heterocycles. The molecule has 0 heterocycles. The number of hydrogen-bond acceptors (Lipinski definition) is 1. The molecule has 3 aliphatic rings. The Bertz CT molecular complexity index is 282. The fourth-order valence-electron chi connectivity index (χ4n) is 2.59. The summed E-state index contributed by atoms with van der Waals surface area (Å²) in [6, 6.07) is 0.0882. The summed E-state index contributed by atoms with van der Waals surface area (Å²) >= 11 is 0. The number of amidine groups is 1. The highest BCUT2D eigenvalue weighted by Crippen LogP contribution is 2.64. The zero-order chi connectivity index (χ0) is 9.92. The van der Waals surface area contributed by atoms with E-state index in [0.717, 1.165) is 12.8 Å². The number of nitrogens with two attached hydrogens (primary N) is 1. The van der Waals surface area contributed by atoms with Crippen molar-refractivity contribution >= 4 is 5.84 Å². The first-order valence-electron chi connectivity index (χ1n) is 5.30. The van der Waals surface area contributed by atoms with Gasteiger partial charge in [0, 0.05) is 17.8 Å². The molecule has 2 atom stereocenters. The molecule has 3 aliphatic carbocycles. The van der Waals surface area contributed by atoms with Gasteiger partial charge in [-0.1, -0.05) is 0 Å². The van der Waals surface area contributed by atoms with E-state index in [2.05, 4.69) is 4.99 Å². The van der Waals surface area contributed by atoms with E-state index in [0.29, 0.717) is 24.6 Å². The summed E-state index contributed by atoms with van der Waals surface area (Å²) in [7, 11) is 0. The predicted octanol–water partition coefficient (Wildman–Crippen LogP) is 1.80. The van der Waals surface area contributed by atoms with Crippen molar-refractivity contribution in [1.29, 1.82) is 0 Å². The highest BCUT2D eigenvalue weighted by atomic mass is 19.3. The van der Waals surface area contributed by atoms with E-state index >= 15 is 0 Å². The molecule has 2 unspecified atom stereocenters. The Morgan fingerprint density at radius 3 is 2.29 bits per heavy atom. The SMILES string of the molecule is NC(=NC1CC2C(C1)C2(F)F)C1CC1. The predicted molar refractivity (Wildman–Crippen MR) is 49.3 cm³/mol. The quantitative estimate of drug-likeness (QED) is 0.535. The molecule has 2 N–H and O–H groups in total. The number of alkyl halides is 2. The first-order chi connectivity index (χ1) is 6.59. The Hall–Kier alpha value is -0.670. The highest BCUT2D eigenvalue weighted by Gasteiger charge is 2.71. The van der Waals surface area contributed by atoms with Crippen LogP contribution in [-0.4, -0.2) is 17.8 Å². The molecule has 3 saturated carbocycles. The maximum Gasteiger partial charge on any atom is 0.254 e. The molecule has 0 radical (unpaired) electrons. The molecule has 0 amide bonds. The lowest BCUT2D eigenvalue weighted by molar-refractivity contribution is 0.0700. The van der Waals surface area contributed by atoms with E-state index in [1.54, 1.807) is 0 Å². The number of hydrogen-bond donors (Lipinski definition) is 1. The Morgan fingerprint density at radius 2 is 1.79 bits per heavy atom. The Kier molecular flexibility index (Phi) is 1.52. The van der Waals surface area contributed by atoms with Crippen molar-refractivity contribution in [2.24, 2.45) is 28.5 Å². The summed E-state index contributed by atoms with van der Waals surface area (Å²) in [5, 5.41) is 0. The molecule has 0 aromatic rings. The van der Waals surface area contributed by atoms with Crippen molar-refractivity contribution < 1.29 is 8.78 Å². The monoisotopic (exact) mass is 200 g/mol. The minimum atomic E-state index is -2.37. The summed E-state index contributed by atoms with van der Waals surface area (Å²) in [5.41, 5.74) is 5.75. The topological polar surface area (TPSA) is 38.4 Å². The van der Waals surface area contributed by atoms with Gasteiger partial charge in [0.2, 0.25) is 0 Å². The van der Waals surface area contributed by atoms with Gasteiger partial charge in [0.1, 0.15) is 0 Å². The number of nitrogens with zero attached hydrogens (tertiary/aromatic N) is 1. The lowest BCUT2D eigenvalue weighted by Gasteiger charge is -2.10. The van der Waals surface area contributed by atoms with Crippen molar-refractivity contribution in [3.63, 3.8) is 0 Å². The molecular formula is C10H14F2N2. The van der Waals surface area contributed by atoms with Crippen LogP contribution in [0.4, 0.5) is 8.78 Å². The maximum absolute atomic E-state index is 12.8. The zero-order valence-corrected chi connectivity index (χ0v) is 7.92. The second kappa shape index (κ2) is 2.47. The van der Waals surface area contributed by atoms with Crippen LogP contribution in [0.5, 0.6) is 0 Å². The van der Waals surface area contributed by atoms with Crippen molar-refractivity contribution in [3.05, 3.63) is 0 Å². The Labute approximate surface area is 81.6 Å². The third-order valence-electron chi connectivity index (χ3n) is 3.74. The van der Waals surface area contributed by atoms with Gasteiger partial charge in [-0.25, -0.2) is 8.78 Å². The van der Waals surface area contributed by atoms with Crippen LogP contribution in [0, 0.1) is 17.8 Å². The normalized spacial score (nSPS) is 45.0. The average molecular weight is 200 g/mol. The molecule has 0 aromatic carbocycles. The summed E-state index contributed by atoms with van der Waals surface area (Å²) in [6.45, 7) is 0. The van der Waals surface area contributed by atoms with Crippen molar-refractivity contribution in [3.8, 4) is 0 Å². The smallest absolute Gasteiger partial charge is 0.254 e. The number of halogens is 2. The van der Waals surface area contributed by atoms with Gasteiger partial charge in [0.25, 0.3) is 5.92 Å². The molecule has 4 heteroatoms. The molecule has 0 aromatic heterocycles. The average Bonchev–Trinajstić information content (AvgIpc) is 2.96. The van der Waals surface area contributed by atoms with Crippen LogP contribution in [0.2, 0.25) is 0 Å². The van der Waals surface area contributed by atoms with Gasteiger partial charge in [-0.2, -0.15) is 0 Å².